The first-order valence-corrected chi connectivity index (χ1v) is 21.9. The minimum atomic E-state index is 0.312. The Hall–Kier alpha value is -0.680. The molecule has 0 spiro atoms. The number of ether oxygens (including phenoxy) is 3. The van der Waals surface area contributed by atoms with Crippen molar-refractivity contribution in [2.24, 2.45) is 46.3 Å². The third-order valence-corrected chi connectivity index (χ3v) is 14.4. The van der Waals surface area contributed by atoms with Crippen LogP contribution in [-0.2, 0) is 14.2 Å². The summed E-state index contributed by atoms with van der Waals surface area (Å²) in [5.74, 6) is 5.45. The monoisotopic (exact) mass is 698 g/mol. The highest BCUT2D eigenvalue weighted by molar-refractivity contribution is 5.25. The summed E-state index contributed by atoms with van der Waals surface area (Å²) in [5.41, 5.74) is 2.75. The van der Waals surface area contributed by atoms with E-state index >= 15 is 0 Å². The predicted octanol–water partition coefficient (Wildman–Crippen LogP) is 12.1. The molecular weight excluding hydrogens is 615 g/mol. The van der Waals surface area contributed by atoms with E-state index in [-0.39, 0.29) is 0 Å². The molecule has 4 rings (SSSR count). The molecule has 50 heavy (non-hydrogen) atoms. The van der Waals surface area contributed by atoms with Gasteiger partial charge < -0.3 is 19.1 Å². The van der Waals surface area contributed by atoms with Crippen LogP contribution in [0.3, 0.4) is 0 Å². The van der Waals surface area contributed by atoms with Crippen LogP contribution in [0.15, 0.2) is 23.8 Å². The van der Waals surface area contributed by atoms with Crippen LogP contribution >= 0.6 is 0 Å². The average molecular weight is 698 g/mol. The molecule has 0 aromatic rings. The molecule has 0 amide bonds. The van der Waals surface area contributed by atoms with Gasteiger partial charge in [0.05, 0.1) is 25.4 Å². The van der Waals surface area contributed by atoms with Gasteiger partial charge in [0.15, 0.2) is 0 Å². The molecule has 0 N–H and O–H groups in total. The zero-order valence-corrected chi connectivity index (χ0v) is 34.5. The molecule has 0 aromatic carbocycles. The van der Waals surface area contributed by atoms with Crippen LogP contribution in [0.4, 0.5) is 0 Å². The van der Waals surface area contributed by atoms with Crippen molar-refractivity contribution in [2.45, 2.75) is 176 Å². The molecule has 290 valence electrons. The van der Waals surface area contributed by atoms with Crippen LogP contribution < -0.4 is 0 Å². The van der Waals surface area contributed by atoms with E-state index in [0.29, 0.717) is 23.0 Å². The maximum Gasteiger partial charge on any atom is 0.0644 e. The Bertz CT molecular complexity index is 1010. The van der Waals surface area contributed by atoms with Crippen molar-refractivity contribution in [3.05, 3.63) is 23.8 Å². The van der Waals surface area contributed by atoms with Gasteiger partial charge in [-0.2, -0.15) is 0 Å². The van der Waals surface area contributed by atoms with Crippen molar-refractivity contribution < 1.29 is 14.2 Å². The quantitative estimate of drug-likeness (QED) is 0.0742. The van der Waals surface area contributed by atoms with Crippen molar-refractivity contribution in [1.82, 2.24) is 4.90 Å². The Morgan fingerprint density at radius 3 is 2.24 bits per heavy atom. The Kier molecular flexibility index (Phi) is 17.9. The fraction of sp³-hybridized carbons (Fsp3) is 0.913. The van der Waals surface area contributed by atoms with Crippen LogP contribution in [0.2, 0.25) is 0 Å². The molecule has 4 aliphatic carbocycles. The van der Waals surface area contributed by atoms with Gasteiger partial charge in [-0.25, -0.2) is 0 Å². The average Bonchev–Trinajstić information content (AvgIpc) is 3.44. The van der Waals surface area contributed by atoms with Gasteiger partial charge in [0, 0.05) is 19.8 Å². The predicted molar refractivity (Wildman–Crippen MR) is 214 cm³/mol. The van der Waals surface area contributed by atoms with Crippen molar-refractivity contribution in [3.63, 3.8) is 0 Å². The molecule has 9 atom stereocenters. The topological polar surface area (TPSA) is 30.9 Å². The zero-order valence-electron chi connectivity index (χ0n) is 34.5. The number of nitrogens with zero attached hydrogens (tertiary/aromatic N) is 1. The first-order chi connectivity index (χ1) is 24.1. The number of rotatable bonds is 24. The molecule has 0 unspecified atom stereocenters. The molecular formula is C46H83NO3. The van der Waals surface area contributed by atoms with E-state index < -0.39 is 0 Å². The normalized spacial score (nSPS) is 32.3. The molecule has 0 heterocycles. The summed E-state index contributed by atoms with van der Waals surface area (Å²) in [5, 5.41) is 0. The van der Waals surface area contributed by atoms with Crippen LogP contribution in [-0.4, -0.2) is 64.2 Å². The third kappa shape index (κ3) is 11.7. The van der Waals surface area contributed by atoms with Gasteiger partial charge in [0.25, 0.3) is 0 Å². The number of allylic oxidation sites excluding steroid dienone is 3. The maximum atomic E-state index is 6.54. The minimum absolute atomic E-state index is 0.312. The van der Waals surface area contributed by atoms with E-state index in [1.165, 1.54) is 96.3 Å². The molecule has 3 fully saturated rings. The van der Waals surface area contributed by atoms with Crippen LogP contribution in [0.5, 0.6) is 0 Å². The van der Waals surface area contributed by atoms with E-state index in [4.69, 9.17) is 14.2 Å². The molecule has 0 aliphatic heterocycles. The number of hydrogen-bond acceptors (Lipinski definition) is 4. The molecule has 0 aromatic heterocycles. The molecule has 4 heteroatoms. The summed E-state index contributed by atoms with van der Waals surface area (Å²) in [6.45, 7) is 19.0. The zero-order chi connectivity index (χ0) is 36.0. The van der Waals surface area contributed by atoms with Gasteiger partial charge in [0.1, 0.15) is 0 Å². The first-order valence-electron chi connectivity index (χ1n) is 21.9. The molecule has 4 nitrogen and oxygen atoms in total. The Labute approximate surface area is 311 Å². The van der Waals surface area contributed by atoms with Gasteiger partial charge >= 0.3 is 0 Å². The smallest absolute Gasteiger partial charge is 0.0644 e. The Balaban J connectivity index is 1.10. The van der Waals surface area contributed by atoms with E-state index in [9.17, 15) is 0 Å². The van der Waals surface area contributed by atoms with Crippen molar-refractivity contribution in [1.29, 1.82) is 0 Å². The fourth-order valence-corrected chi connectivity index (χ4v) is 11.2. The number of unbranched alkanes of at least 4 members (excludes halogenated alkanes) is 5. The van der Waals surface area contributed by atoms with Crippen molar-refractivity contribution in [2.75, 3.05) is 47.1 Å². The Morgan fingerprint density at radius 2 is 1.52 bits per heavy atom. The molecule has 0 saturated heterocycles. The third-order valence-electron chi connectivity index (χ3n) is 14.4. The minimum Gasteiger partial charge on any atom is -0.380 e. The lowest BCUT2D eigenvalue weighted by Gasteiger charge is -2.58. The van der Waals surface area contributed by atoms with Gasteiger partial charge in [-0.3, -0.25) is 0 Å². The van der Waals surface area contributed by atoms with E-state index in [0.717, 1.165) is 94.2 Å². The summed E-state index contributed by atoms with van der Waals surface area (Å²) >= 11 is 0. The Morgan fingerprint density at radius 1 is 0.800 bits per heavy atom. The standard InChI is InChI=1S/C46H83NO3/c1-9-10-11-12-13-14-15-16-30-48-34-39(47(7)8)35-49-31-17-18-32-50-40-26-28-45(5)38(33-40)22-23-41-43-25-24-42(37(4)21-19-20-36(2)3)46(43,6)29-27-44(41)45/h13-14,22,36-37,39-44H,9-12,15-21,23-35H2,1-8H3/b14-13-/t37-,39+,40+,41+,42-,43+,44+,45+,46-/m1/s1. The van der Waals surface area contributed by atoms with E-state index in [1.807, 2.05) is 0 Å². The van der Waals surface area contributed by atoms with Crippen LogP contribution in [0.1, 0.15) is 164 Å². The van der Waals surface area contributed by atoms with Crippen LogP contribution in [0.25, 0.3) is 0 Å². The summed E-state index contributed by atoms with van der Waals surface area (Å²) in [4.78, 5) is 2.24. The molecule has 0 radical (unpaired) electrons. The highest BCUT2D eigenvalue weighted by Gasteiger charge is 2.59. The van der Waals surface area contributed by atoms with E-state index in [1.54, 1.807) is 5.57 Å². The van der Waals surface area contributed by atoms with Crippen molar-refractivity contribution >= 4 is 0 Å². The lowest BCUT2D eigenvalue weighted by molar-refractivity contribution is -0.0643. The van der Waals surface area contributed by atoms with E-state index in [2.05, 4.69) is 78.8 Å². The highest BCUT2D eigenvalue weighted by Crippen LogP contribution is 2.67. The highest BCUT2D eigenvalue weighted by atomic mass is 16.5. The maximum absolute atomic E-state index is 6.54. The largest absolute Gasteiger partial charge is 0.380 e. The number of fused-ring (bicyclic) bond motifs is 5. The second kappa shape index (κ2) is 21.3. The first kappa shape index (κ1) is 42.1. The van der Waals surface area contributed by atoms with Crippen LogP contribution in [0, 0.1) is 46.3 Å². The summed E-state index contributed by atoms with van der Waals surface area (Å²) < 4.78 is 18.7. The summed E-state index contributed by atoms with van der Waals surface area (Å²) in [6, 6.07) is 0.312. The second-order valence-corrected chi connectivity index (χ2v) is 18.6. The SMILES string of the molecule is CCCCC/C=C\CCCOC[C@@H](COCCCCO[C@H]1CC[C@@]2(C)C(=CC[C@H]3[C@@H]4CC[C@H]([C@H](C)CCCC(C)C)[C@@]4(C)CC[C@@H]32)C1)N(C)C. The summed E-state index contributed by atoms with van der Waals surface area (Å²) in [6.07, 6.45) is 32.6. The number of hydrogen-bond donors (Lipinski definition) is 0. The molecule has 0 bridgehead atoms. The summed E-state index contributed by atoms with van der Waals surface area (Å²) in [7, 11) is 4.27. The van der Waals surface area contributed by atoms with Gasteiger partial charge in [-0.05, 0) is 150 Å². The number of likely N-dealkylation sites (N-methyl/N-ethyl adjacent to an activating group) is 1. The fourth-order valence-electron chi connectivity index (χ4n) is 11.2. The lowest BCUT2D eigenvalue weighted by atomic mass is 9.47. The van der Waals surface area contributed by atoms with Gasteiger partial charge in [-0.15, -0.1) is 0 Å². The van der Waals surface area contributed by atoms with Crippen molar-refractivity contribution in [3.8, 4) is 0 Å². The second-order valence-electron chi connectivity index (χ2n) is 18.6. The van der Waals surface area contributed by atoms with Gasteiger partial charge in [0.2, 0.25) is 0 Å². The van der Waals surface area contributed by atoms with Gasteiger partial charge in [-0.1, -0.05) is 97.4 Å². The lowest BCUT2D eigenvalue weighted by Crippen LogP contribution is -2.51. The molecule has 3 saturated carbocycles. The molecule has 4 aliphatic rings.